The maximum absolute atomic E-state index is 11.1. The van der Waals surface area contributed by atoms with Crippen molar-refractivity contribution < 1.29 is 13.6 Å². The van der Waals surface area contributed by atoms with Gasteiger partial charge >= 0.3 is 0 Å². The molecule has 0 saturated heterocycles. The average molecular weight is 361 g/mol. The molecule has 0 rings (SSSR count). The van der Waals surface area contributed by atoms with Gasteiger partial charge in [0.05, 0.1) is 6.10 Å². The first-order chi connectivity index (χ1) is 10.0. The predicted molar refractivity (Wildman–Crippen MR) is 105 cm³/mol. The summed E-state index contributed by atoms with van der Waals surface area (Å²) in [6.07, 6.45) is 1.40. The van der Waals surface area contributed by atoms with Crippen LogP contribution in [0, 0.1) is 5.92 Å². The van der Waals surface area contributed by atoms with Crippen LogP contribution in [0.4, 0.5) is 0 Å². The Balaban J connectivity index is 4.95. The van der Waals surface area contributed by atoms with Crippen LogP contribution in [-0.4, -0.2) is 35.6 Å². The van der Waals surface area contributed by atoms with Crippen molar-refractivity contribution in [2.24, 2.45) is 5.92 Å². The summed E-state index contributed by atoms with van der Waals surface area (Å²) < 4.78 is 12.8. The minimum atomic E-state index is -1.88. The molecule has 2 atom stereocenters. The quantitative estimate of drug-likeness (QED) is 0.416. The molecule has 3 nitrogen and oxygen atoms in total. The van der Waals surface area contributed by atoms with Crippen molar-refractivity contribution in [1.82, 2.24) is 0 Å². The molecule has 0 aromatic rings. The Bertz CT molecular complexity index is 379. The third kappa shape index (κ3) is 6.80. The molecule has 5 heteroatoms. The highest BCUT2D eigenvalue weighted by molar-refractivity contribution is 6.74. The minimum Gasteiger partial charge on any atom is -0.416 e. The minimum absolute atomic E-state index is 0.0434. The highest BCUT2D eigenvalue weighted by Gasteiger charge is 2.41. The zero-order chi connectivity index (χ0) is 18.7. The molecule has 0 bridgehead atoms. The first kappa shape index (κ1) is 23.0. The fourth-order valence-corrected chi connectivity index (χ4v) is 4.26. The van der Waals surface area contributed by atoms with Crippen LogP contribution < -0.4 is 0 Å². The van der Waals surface area contributed by atoms with Crippen molar-refractivity contribution in [2.45, 2.75) is 97.3 Å². The molecule has 23 heavy (non-hydrogen) atoms. The molecule has 138 valence electrons. The van der Waals surface area contributed by atoms with E-state index in [0.29, 0.717) is 13.0 Å². The molecule has 0 heterocycles. The van der Waals surface area contributed by atoms with E-state index in [0.717, 1.165) is 6.29 Å². The molecule has 0 aromatic carbocycles. The lowest BCUT2D eigenvalue weighted by Crippen LogP contribution is -2.47. The Morgan fingerprint density at radius 1 is 0.913 bits per heavy atom. The molecule has 0 unspecified atom stereocenters. The third-order valence-corrected chi connectivity index (χ3v) is 14.7. The van der Waals surface area contributed by atoms with Crippen molar-refractivity contribution in [3.8, 4) is 0 Å². The summed E-state index contributed by atoms with van der Waals surface area (Å²) in [7, 11) is -3.65. The van der Waals surface area contributed by atoms with Gasteiger partial charge in [-0.25, -0.2) is 0 Å². The van der Waals surface area contributed by atoms with Gasteiger partial charge in [-0.15, -0.1) is 0 Å². The lowest BCUT2D eigenvalue weighted by molar-refractivity contribution is -0.110. The van der Waals surface area contributed by atoms with Gasteiger partial charge in [0.15, 0.2) is 16.6 Å². The summed E-state index contributed by atoms with van der Waals surface area (Å²) in [6.45, 7) is 25.3. The predicted octanol–water partition coefficient (Wildman–Crippen LogP) is 5.62. The molecule has 0 radical (unpaired) electrons. The lowest BCUT2D eigenvalue weighted by Gasteiger charge is -2.42. The van der Waals surface area contributed by atoms with E-state index in [4.69, 9.17) is 8.85 Å². The number of carbonyl (C=O) groups is 1. The lowest BCUT2D eigenvalue weighted by atomic mass is 10.0. The van der Waals surface area contributed by atoms with Crippen LogP contribution in [0.2, 0.25) is 36.3 Å². The fraction of sp³-hybridized carbons (Fsp3) is 0.944. The second-order valence-electron chi connectivity index (χ2n) is 9.87. The number of rotatable bonds is 8. The van der Waals surface area contributed by atoms with Crippen LogP contribution in [0.5, 0.6) is 0 Å². The van der Waals surface area contributed by atoms with E-state index in [2.05, 4.69) is 74.7 Å². The van der Waals surface area contributed by atoms with Gasteiger partial charge in [-0.1, -0.05) is 48.5 Å². The summed E-state index contributed by atoms with van der Waals surface area (Å²) in [4.78, 5) is 11.1. The molecule has 0 fully saturated rings. The van der Waals surface area contributed by atoms with Gasteiger partial charge in [0, 0.05) is 18.9 Å². The molecule has 0 N–H and O–H groups in total. The Labute approximate surface area is 146 Å². The van der Waals surface area contributed by atoms with E-state index in [9.17, 15) is 4.79 Å². The van der Waals surface area contributed by atoms with Crippen LogP contribution in [0.25, 0.3) is 0 Å². The van der Waals surface area contributed by atoms with Crippen molar-refractivity contribution in [2.75, 3.05) is 6.61 Å². The van der Waals surface area contributed by atoms with Gasteiger partial charge in [0.25, 0.3) is 0 Å². The van der Waals surface area contributed by atoms with Crippen LogP contribution in [0.1, 0.15) is 54.9 Å². The Morgan fingerprint density at radius 3 is 1.70 bits per heavy atom. The van der Waals surface area contributed by atoms with Crippen molar-refractivity contribution in [1.29, 1.82) is 0 Å². The number of aldehydes is 1. The maximum atomic E-state index is 11.1. The van der Waals surface area contributed by atoms with Crippen molar-refractivity contribution >= 4 is 22.9 Å². The zero-order valence-electron chi connectivity index (χ0n) is 17.4. The maximum Gasteiger partial charge on any atom is 0.192 e. The van der Waals surface area contributed by atoms with Crippen molar-refractivity contribution in [3.05, 3.63) is 0 Å². The van der Waals surface area contributed by atoms with Crippen LogP contribution in [-0.2, 0) is 13.6 Å². The molecule has 0 spiro atoms. The molecular weight excluding hydrogens is 320 g/mol. The molecule has 0 aliphatic carbocycles. The highest BCUT2D eigenvalue weighted by Crippen LogP contribution is 2.39. The zero-order valence-corrected chi connectivity index (χ0v) is 19.4. The SMILES string of the molecule is C[C@@H](CO[Si](C)(C)C(C)(C)C)[C@H](CC=O)O[Si](C)(C)C(C)(C)C. The van der Waals surface area contributed by atoms with E-state index in [1.807, 2.05) is 0 Å². The number of hydrogen-bond acceptors (Lipinski definition) is 3. The summed E-state index contributed by atoms with van der Waals surface area (Å²) in [6, 6.07) is 0. The summed E-state index contributed by atoms with van der Waals surface area (Å²) in [5.74, 6) is 0.225. The molecule has 0 aliphatic rings. The second kappa shape index (κ2) is 7.94. The van der Waals surface area contributed by atoms with E-state index in [1.165, 1.54) is 0 Å². The monoisotopic (exact) mass is 360 g/mol. The van der Waals surface area contributed by atoms with Crippen molar-refractivity contribution in [3.63, 3.8) is 0 Å². The summed E-state index contributed by atoms with van der Waals surface area (Å²) in [5, 5.41) is 0.349. The Kier molecular flexibility index (Phi) is 7.94. The first-order valence-corrected chi connectivity index (χ1v) is 14.6. The topological polar surface area (TPSA) is 35.5 Å². The molecular formula is C18H40O3Si2. The average Bonchev–Trinajstić information content (AvgIpc) is 2.32. The number of hydrogen-bond donors (Lipinski definition) is 0. The largest absolute Gasteiger partial charge is 0.416 e. The smallest absolute Gasteiger partial charge is 0.192 e. The molecule has 0 saturated carbocycles. The fourth-order valence-electron chi connectivity index (χ4n) is 1.71. The van der Waals surface area contributed by atoms with E-state index in [1.54, 1.807) is 0 Å². The molecule has 0 amide bonds. The molecule has 0 aliphatic heterocycles. The number of carbonyl (C=O) groups excluding carboxylic acids is 1. The van der Waals surface area contributed by atoms with E-state index >= 15 is 0 Å². The highest BCUT2D eigenvalue weighted by atomic mass is 28.4. The van der Waals surface area contributed by atoms with Crippen LogP contribution in [0.3, 0.4) is 0 Å². The Hall–Kier alpha value is 0.0238. The summed E-state index contributed by atoms with van der Waals surface area (Å²) in [5.41, 5.74) is 0. The normalized spacial score (nSPS) is 17.0. The van der Waals surface area contributed by atoms with Gasteiger partial charge in [-0.05, 0) is 36.3 Å². The van der Waals surface area contributed by atoms with Gasteiger partial charge in [-0.3, -0.25) is 0 Å². The van der Waals surface area contributed by atoms with Gasteiger partial charge in [0.2, 0.25) is 0 Å². The van der Waals surface area contributed by atoms with Gasteiger partial charge < -0.3 is 13.6 Å². The Morgan fingerprint density at radius 2 is 1.35 bits per heavy atom. The van der Waals surface area contributed by atoms with Crippen LogP contribution in [0.15, 0.2) is 0 Å². The standard InChI is InChI=1S/C18H40O3Si2/c1-15(14-20-22(8,9)17(2,3)4)16(12-13-19)21-23(10,11)18(5,6)7/h13,15-16H,12,14H2,1-11H3/t15-,16-/m0/s1. The first-order valence-electron chi connectivity index (χ1n) is 8.80. The van der Waals surface area contributed by atoms with E-state index < -0.39 is 16.6 Å². The summed E-state index contributed by atoms with van der Waals surface area (Å²) >= 11 is 0. The van der Waals surface area contributed by atoms with Crippen LogP contribution >= 0.6 is 0 Å². The van der Waals surface area contributed by atoms with Gasteiger partial charge in [0.1, 0.15) is 6.29 Å². The van der Waals surface area contributed by atoms with Gasteiger partial charge in [-0.2, -0.15) is 0 Å². The van der Waals surface area contributed by atoms with E-state index in [-0.39, 0.29) is 22.1 Å². The third-order valence-electron chi connectivity index (χ3n) is 5.73. The second-order valence-corrected chi connectivity index (χ2v) is 19.4. The molecule has 0 aromatic heterocycles.